The van der Waals surface area contributed by atoms with Crippen molar-refractivity contribution in [3.63, 3.8) is 0 Å². The van der Waals surface area contributed by atoms with Crippen molar-refractivity contribution in [3.8, 4) is 5.82 Å². The van der Waals surface area contributed by atoms with E-state index >= 15 is 0 Å². The van der Waals surface area contributed by atoms with E-state index in [4.69, 9.17) is 23.1 Å². The molecule has 0 aliphatic heterocycles. The molecule has 29 heavy (non-hydrogen) atoms. The second-order valence-electron chi connectivity index (χ2n) is 6.49. The van der Waals surface area contributed by atoms with E-state index in [-0.39, 0.29) is 17.3 Å². The van der Waals surface area contributed by atoms with Crippen LogP contribution < -0.4 is 22.3 Å². The molecule has 4 rings (SSSR count). The molecule has 1 atom stereocenters. The lowest BCUT2D eigenvalue weighted by molar-refractivity contribution is 0.719. The minimum atomic E-state index is -0.443. The zero-order chi connectivity index (χ0) is 20.7. The number of halogens is 1. The normalized spacial score (nSPS) is 12.2. The third kappa shape index (κ3) is 3.23. The molecule has 3 aromatic heterocycles. The summed E-state index contributed by atoms with van der Waals surface area (Å²) in [5, 5.41) is 10.6. The maximum absolute atomic E-state index is 13.3. The molecule has 11 heteroatoms. The predicted molar refractivity (Wildman–Crippen MR) is 112 cm³/mol. The van der Waals surface area contributed by atoms with Gasteiger partial charge < -0.3 is 16.8 Å². The van der Waals surface area contributed by atoms with Gasteiger partial charge in [-0.2, -0.15) is 15.1 Å². The molecular formula is C18H18ClN9O. The molecular weight excluding hydrogens is 394 g/mol. The number of anilines is 3. The van der Waals surface area contributed by atoms with Gasteiger partial charge in [0.15, 0.2) is 0 Å². The topological polar surface area (TPSA) is 153 Å². The van der Waals surface area contributed by atoms with Crippen molar-refractivity contribution in [2.75, 3.05) is 16.8 Å². The molecule has 0 saturated heterocycles. The molecule has 148 valence electrons. The molecule has 0 amide bonds. The lowest BCUT2D eigenvalue weighted by Gasteiger charge is -2.20. The van der Waals surface area contributed by atoms with E-state index in [1.165, 1.54) is 4.57 Å². The third-order valence-corrected chi connectivity index (χ3v) is 4.86. The first-order valence-electron chi connectivity index (χ1n) is 8.74. The fourth-order valence-electron chi connectivity index (χ4n) is 3.07. The highest BCUT2D eigenvalue weighted by Crippen LogP contribution is 2.26. The van der Waals surface area contributed by atoms with Gasteiger partial charge in [-0.3, -0.25) is 9.89 Å². The third-order valence-electron chi connectivity index (χ3n) is 4.54. The number of nitrogens with one attached hydrogen (secondary N) is 2. The molecule has 0 spiro atoms. The van der Waals surface area contributed by atoms with Crippen LogP contribution in [0.2, 0.25) is 5.02 Å². The Hall–Kier alpha value is -3.66. The second kappa shape index (κ2) is 7.06. The monoisotopic (exact) mass is 411 g/mol. The second-order valence-corrected chi connectivity index (χ2v) is 6.90. The largest absolute Gasteiger partial charge is 0.383 e. The maximum Gasteiger partial charge on any atom is 0.268 e. The molecule has 4 aromatic rings. The van der Waals surface area contributed by atoms with Crippen LogP contribution in [0.3, 0.4) is 0 Å². The fraction of sp³-hybridized carbons (Fsp3) is 0.167. The van der Waals surface area contributed by atoms with Gasteiger partial charge in [-0.05, 0) is 26.0 Å². The van der Waals surface area contributed by atoms with E-state index < -0.39 is 6.04 Å². The molecule has 6 N–H and O–H groups in total. The fourth-order valence-corrected chi connectivity index (χ4v) is 3.32. The Kier molecular flexibility index (Phi) is 4.55. The van der Waals surface area contributed by atoms with Crippen molar-refractivity contribution in [2.45, 2.75) is 19.9 Å². The van der Waals surface area contributed by atoms with Crippen molar-refractivity contribution in [3.05, 3.63) is 57.2 Å². The van der Waals surface area contributed by atoms with E-state index in [0.717, 1.165) is 0 Å². The number of fused-ring (bicyclic) bond motifs is 1. The Morgan fingerprint density at radius 1 is 1.21 bits per heavy atom. The summed E-state index contributed by atoms with van der Waals surface area (Å²) in [6, 6.07) is 6.37. The first-order valence-corrected chi connectivity index (χ1v) is 9.11. The average molecular weight is 412 g/mol. The van der Waals surface area contributed by atoms with Crippen molar-refractivity contribution < 1.29 is 0 Å². The number of nitrogens with zero attached hydrogens (tertiary/aromatic N) is 5. The summed E-state index contributed by atoms with van der Waals surface area (Å²) in [4.78, 5) is 26.1. The maximum atomic E-state index is 13.3. The summed E-state index contributed by atoms with van der Waals surface area (Å²) in [7, 11) is 0. The van der Waals surface area contributed by atoms with Gasteiger partial charge in [0, 0.05) is 11.6 Å². The van der Waals surface area contributed by atoms with Crippen LogP contribution in [-0.2, 0) is 0 Å². The zero-order valence-corrected chi connectivity index (χ0v) is 16.4. The summed E-state index contributed by atoms with van der Waals surface area (Å²) >= 11 is 6.27. The van der Waals surface area contributed by atoms with E-state index in [9.17, 15) is 4.79 Å². The summed E-state index contributed by atoms with van der Waals surface area (Å²) < 4.78 is 1.43. The summed E-state index contributed by atoms with van der Waals surface area (Å²) in [5.74, 6) is 1.68. The van der Waals surface area contributed by atoms with Gasteiger partial charge in [-0.15, -0.1) is 0 Å². The van der Waals surface area contributed by atoms with Gasteiger partial charge >= 0.3 is 0 Å². The first kappa shape index (κ1) is 18.7. The number of hydrogen-bond acceptors (Lipinski definition) is 8. The summed E-state index contributed by atoms with van der Waals surface area (Å²) in [5.41, 5.74) is 12.4. The lowest BCUT2D eigenvalue weighted by atomic mass is 10.2. The molecule has 0 aliphatic rings. The van der Waals surface area contributed by atoms with Crippen LogP contribution in [-0.4, -0.2) is 29.7 Å². The van der Waals surface area contributed by atoms with Gasteiger partial charge in [-0.25, -0.2) is 9.55 Å². The van der Waals surface area contributed by atoms with Crippen LogP contribution in [0.15, 0.2) is 35.3 Å². The van der Waals surface area contributed by atoms with Crippen molar-refractivity contribution in [2.24, 2.45) is 0 Å². The first-order chi connectivity index (χ1) is 13.9. The molecule has 0 aliphatic carbocycles. The molecule has 3 heterocycles. The van der Waals surface area contributed by atoms with Gasteiger partial charge in [-0.1, -0.05) is 17.7 Å². The summed E-state index contributed by atoms with van der Waals surface area (Å²) in [6.45, 7) is 3.62. The predicted octanol–water partition coefficient (Wildman–Crippen LogP) is 2.20. The van der Waals surface area contributed by atoms with Crippen LogP contribution in [0.1, 0.15) is 24.4 Å². The minimum Gasteiger partial charge on any atom is -0.383 e. The zero-order valence-electron chi connectivity index (χ0n) is 15.6. The molecule has 1 aromatic carbocycles. The van der Waals surface area contributed by atoms with Crippen molar-refractivity contribution in [1.29, 1.82) is 0 Å². The number of nitrogens with two attached hydrogens (primary N) is 2. The Bertz CT molecular complexity index is 1270. The number of benzene rings is 1. The van der Waals surface area contributed by atoms with Crippen molar-refractivity contribution >= 4 is 40.1 Å². The van der Waals surface area contributed by atoms with Crippen LogP contribution in [0.5, 0.6) is 0 Å². The molecule has 0 bridgehead atoms. The number of aromatic nitrogens is 6. The highest BCUT2D eigenvalue weighted by Gasteiger charge is 2.21. The SMILES string of the molecule is Cc1c(N)nc(N)nc1N[C@@H](C)c1nc2cccc(Cl)c2c(=O)n1-c1ccn[nH]1. The number of hydrogen-bond donors (Lipinski definition) is 4. The Balaban J connectivity index is 1.91. The van der Waals surface area contributed by atoms with Gasteiger partial charge in [0.2, 0.25) is 5.95 Å². The highest BCUT2D eigenvalue weighted by atomic mass is 35.5. The number of aromatic amines is 1. The Morgan fingerprint density at radius 3 is 2.72 bits per heavy atom. The van der Waals surface area contributed by atoms with Gasteiger partial charge in [0.1, 0.15) is 23.3 Å². The van der Waals surface area contributed by atoms with E-state index in [1.54, 1.807) is 37.4 Å². The van der Waals surface area contributed by atoms with E-state index in [1.807, 2.05) is 6.92 Å². The molecule has 0 saturated carbocycles. The molecule has 10 nitrogen and oxygen atoms in total. The van der Waals surface area contributed by atoms with Crippen molar-refractivity contribution in [1.82, 2.24) is 29.7 Å². The quantitative estimate of drug-likeness (QED) is 0.398. The van der Waals surface area contributed by atoms with E-state index in [0.29, 0.717) is 38.9 Å². The van der Waals surface area contributed by atoms with Gasteiger partial charge in [0.05, 0.1) is 28.2 Å². The Morgan fingerprint density at radius 2 is 2.00 bits per heavy atom. The number of rotatable bonds is 4. The van der Waals surface area contributed by atoms with Crippen LogP contribution in [0.25, 0.3) is 16.7 Å². The smallest absolute Gasteiger partial charge is 0.268 e. The van der Waals surface area contributed by atoms with Crippen LogP contribution >= 0.6 is 11.6 Å². The van der Waals surface area contributed by atoms with Gasteiger partial charge in [0.25, 0.3) is 5.56 Å². The number of H-pyrrole nitrogens is 1. The number of nitrogen functional groups attached to an aromatic ring is 2. The van der Waals surface area contributed by atoms with E-state index in [2.05, 4.69) is 30.5 Å². The molecule has 0 radical (unpaired) electrons. The van der Waals surface area contributed by atoms with Crippen LogP contribution in [0.4, 0.5) is 17.6 Å². The average Bonchev–Trinajstić information content (AvgIpc) is 3.19. The standard InChI is InChI=1S/C18H18ClN9O/c1-8-14(20)25-18(21)26-15(8)23-9(2)16-24-11-5-3-4-10(19)13(11)17(29)28(16)12-6-7-22-27-12/h3-7,9H,1-2H3,(H,22,27)(H5,20,21,23,25,26)/t9-/m0/s1. The highest BCUT2D eigenvalue weighted by molar-refractivity contribution is 6.35. The lowest BCUT2D eigenvalue weighted by Crippen LogP contribution is -2.28. The molecule has 0 unspecified atom stereocenters. The van der Waals surface area contributed by atoms with Crippen LogP contribution in [0, 0.1) is 6.92 Å². The molecule has 0 fully saturated rings. The summed E-state index contributed by atoms with van der Waals surface area (Å²) in [6.07, 6.45) is 1.55. The Labute approximate surface area is 170 Å². The minimum absolute atomic E-state index is 0.0482.